The van der Waals surface area contributed by atoms with Crippen LogP contribution in [0.2, 0.25) is 0 Å². The van der Waals surface area contributed by atoms with Gasteiger partial charge in [-0.15, -0.1) is 0 Å². The van der Waals surface area contributed by atoms with E-state index in [0.717, 1.165) is 24.7 Å². The van der Waals surface area contributed by atoms with E-state index in [4.69, 9.17) is 0 Å². The molecule has 0 fully saturated rings. The number of rotatable bonds is 10. The van der Waals surface area contributed by atoms with Crippen LogP contribution in [0.4, 0.5) is 14.6 Å². The van der Waals surface area contributed by atoms with Gasteiger partial charge in [-0.3, -0.25) is 14.6 Å². The molecule has 2 heterocycles. The molecule has 0 saturated heterocycles. The van der Waals surface area contributed by atoms with E-state index in [9.17, 15) is 18.4 Å². The summed E-state index contributed by atoms with van der Waals surface area (Å²) in [7, 11) is 0. The fourth-order valence-corrected chi connectivity index (χ4v) is 3.71. The minimum atomic E-state index is -1.09. The second-order valence-electron chi connectivity index (χ2n) is 10.9. The molecule has 0 saturated carbocycles. The quantitative estimate of drug-likeness (QED) is 0.382. The number of carbonyl (C=O) groups is 2. The number of pyridine rings is 1. The van der Waals surface area contributed by atoms with Gasteiger partial charge in [0.25, 0.3) is 5.91 Å². The maximum Gasteiger partial charge on any atom is 0.252 e. The SMILES string of the molecule is CC(C)(C)CNCC(C)(C)n1cnc(NC(=O)C(NC(=O)Cc2cc(F)cc(F)c2)c2cccnc2)c1. The zero-order chi connectivity index (χ0) is 27.2. The molecule has 0 bridgehead atoms. The van der Waals surface area contributed by atoms with Gasteiger partial charge in [0.05, 0.1) is 18.3 Å². The average molecular weight is 513 g/mol. The Morgan fingerprint density at radius 3 is 2.38 bits per heavy atom. The number of carbonyl (C=O) groups excluding carboxylic acids is 2. The highest BCUT2D eigenvalue weighted by Crippen LogP contribution is 2.20. The van der Waals surface area contributed by atoms with Crippen LogP contribution in [-0.4, -0.2) is 39.4 Å². The molecule has 8 nitrogen and oxygen atoms in total. The Kier molecular flexibility index (Phi) is 8.75. The third kappa shape index (κ3) is 8.45. The van der Waals surface area contributed by atoms with E-state index in [-0.39, 0.29) is 22.9 Å². The number of amides is 2. The first-order chi connectivity index (χ1) is 17.3. The van der Waals surface area contributed by atoms with Gasteiger partial charge in [0.1, 0.15) is 17.7 Å². The van der Waals surface area contributed by atoms with Crippen LogP contribution in [0.25, 0.3) is 0 Å². The summed E-state index contributed by atoms with van der Waals surface area (Å²) in [5.41, 5.74) is 0.447. The normalized spacial score (nSPS) is 12.7. The van der Waals surface area contributed by atoms with Gasteiger partial charge in [-0.25, -0.2) is 13.8 Å². The average Bonchev–Trinajstić information content (AvgIpc) is 3.26. The standard InChI is InChI=1S/C27H34F2N6O2/c1-26(2,3)15-31-16-27(4,5)35-14-22(32-17-35)33-25(37)24(19-7-6-8-30-13-19)34-23(36)11-18-9-20(28)12-21(29)10-18/h6-10,12-14,17,24,31H,11,15-16H2,1-5H3,(H,33,37)(H,34,36). The van der Waals surface area contributed by atoms with Gasteiger partial charge in [-0.1, -0.05) is 26.8 Å². The first kappa shape index (κ1) is 27.9. The largest absolute Gasteiger partial charge is 0.340 e. The lowest BCUT2D eigenvalue weighted by Gasteiger charge is -2.29. The van der Waals surface area contributed by atoms with Gasteiger partial charge in [0.2, 0.25) is 5.91 Å². The Hall–Kier alpha value is -3.66. The van der Waals surface area contributed by atoms with Crippen LogP contribution in [0.1, 0.15) is 51.8 Å². The Labute approximate surface area is 215 Å². The highest BCUT2D eigenvalue weighted by atomic mass is 19.1. The van der Waals surface area contributed by atoms with E-state index in [1.807, 2.05) is 4.57 Å². The number of benzene rings is 1. The second kappa shape index (κ2) is 11.6. The lowest BCUT2D eigenvalue weighted by molar-refractivity contribution is -0.126. The summed E-state index contributed by atoms with van der Waals surface area (Å²) in [5, 5.41) is 8.85. The van der Waals surface area contributed by atoms with Crippen LogP contribution in [-0.2, 0) is 21.5 Å². The van der Waals surface area contributed by atoms with E-state index < -0.39 is 29.5 Å². The van der Waals surface area contributed by atoms with Crippen LogP contribution in [0.15, 0.2) is 55.2 Å². The van der Waals surface area contributed by atoms with Crippen molar-refractivity contribution < 1.29 is 18.4 Å². The molecule has 1 aromatic carbocycles. The molecule has 0 aliphatic rings. The molecule has 3 rings (SSSR count). The topological polar surface area (TPSA) is 101 Å². The van der Waals surface area contributed by atoms with Crippen LogP contribution in [0.3, 0.4) is 0 Å². The predicted octanol–water partition coefficient (Wildman–Crippen LogP) is 3.97. The van der Waals surface area contributed by atoms with Gasteiger partial charge in [0.15, 0.2) is 5.82 Å². The number of nitrogens with zero attached hydrogens (tertiary/aromatic N) is 3. The molecule has 0 radical (unpaired) electrons. The van der Waals surface area contributed by atoms with Gasteiger partial charge in [0, 0.05) is 43.3 Å². The van der Waals surface area contributed by atoms with E-state index in [2.05, 4.69) is 60.5 Å². The molecule has 37 heavy (non-hydrogen) atoms. The molecule has 0 spiro atoms. The summed E-state index contributed by atoms with van der Waals surface area (Å²) in [6, 6.07) is 5.09. The second-order valence-corrected chi connectivity index (χ2v) is 10.9. The molecular weight excluding hydrogens is 478 g/mol. The highest BCUT2D eigenvalue weighted by Gasteiger charge is 2.26. The first-order valence-electron chi connectivity index (χ1n) is 12.0. The third-order valence-electron chi connectivity index (χ3n) is 5.62. The lowest BCUT2D eigenvalue weighted by atomic mass is 9.96. The van der Waals surface area contributed by atoms with Crippen molar-refractivity contribution >= 4 is 17.6 Å². The molecule has 0 aliphatic carbocycles. The lowest BCUT2D eigenvalue weighted by Crippen LogP contribution is -2.40. The summed E-state index contributed by atoms with van der Waals surface area (Å²) in [5.74, 6) is -2.34. The van der Waals surface area contributed by atoms with E-state index in [1.165, 1.54) is 6.20 Å². The summed E-state index contributed by atoms with van der Waals surface area (Å²) >= 11 is 0. The minimum Gasteiger partial charge on any atom is -0.340 e. The van der Waals surface area contributed by atoms with Crippen molar-refractivity contribution in [2.24, 2.45) is 5.41 Å². The molecule has 3 N–H and O–H groups in total. The molecule has 2 amide bonds. The number of imidazole rings is 1. The summed E-state index contributed by atoms with van der Waals surface area (Å²) in [4.78, 5) is 34.3. The van der Waals surface area contributed by atoms with Crippen molar-refractivity contribution in [3.63, 3.8) is 0 Å². The van der Waals surface area contributed by atoms with Gasteiger partial charge in [-0.05, 0) is 43.0 Å². The Morgan fingerprint density at radius 2 is 1.76 bits per heavy atom. The van der Waals surface area contributed by atoms with E-state index >= 15 is 0 Å². The van der Waals surface area contributed by atoms with Crippen molar-refractivity contribution in [1.29, 1.82) is 0 Å². The number of halogens is 2. The molecule has 2 aromatic heterocycles. The van der Waals surface area contributed by atoms with Crippen molar-refractivity contribution in [1.82, 2.24) is 25.2 Å². The molecule has 3 aromatic rings. The molecule has 198 valence electrons. The highest BCUT2D eigenvalue weighted by molar-refractivity contribution is 5.97. The number of hydrogen-bond donors (Lipinski definition) is 3. The van der Waals surface area contributed by atoms with Crippen LogP contribution < -0.4 is 16.0 Å². The number of nitrogens with one attached hydrogen (secondary N) is 3. The van der Waals surface area contributed by atoms with Crippen molar-refractivity contribution in [3.05, 3.63) is 78.0 Å². The molecule has 10 heteroatoms. The number of aromatic nitrogens is 3. The molecule has 1 atom stereocenters. The Balaban J connectivity index is 1.71. The van der Waals surface area contributed by atoms with Crippen molar-refractivity contribution in [3.8, 4) is 0 Å². The molecular formula is C27H34F2N6O2. The zero-order valence-electron chi connectivity index (χ0n) is 21.8. The fraction of sp³-hybridized carbons (Fsp3) is 0.407. The van der Waals surface area contributed by atoms with Gasteiger partial charge in [-0.2, -0.15) is 0 Å². The van der Waals surface area contributed by atoms with Gasteiger partial charge >= 0.3 is 0 Å². The first-order valence-corrected chi connectivity index (χ1v) is 12.0. The van der Waals surface area contributed by atoms with Crippen molar-refractivity contribution in [2.45, 2.75) is 52.6 Å². The van der Waals surface area contributed by atoms with Gasteiger partial charge < -0.3 is 20.5 Å². The minimum absolute atomic E-state index is 0.152. The maximum absolute atomic E-state index is 13.5. The van der Waals surface area contributed by atoms with Crippen molar-refractivity contribution in [2.75, 3.05) is 18.4 Å². The summed E-state index contributed by atoms with van der Waals surface area (Å²) in [6.07, 6.45) is 6.09. The molecule has 0 aliphatic heterocycles. The Morgan fingerprint density at radius 1 is 1.05 bits per heavy atom. The fourth-order valence-electron chi connectivity index (χ4n) is 3.71. The zero-order valence-corrected chi connectivity index (χ0v) is 21.8. The third-order valence-corrected chi connectivity index (χ3v) is 5.62. The van der Waals surface area contributed by atoms with E-state index in [0.29, 0.717) is 17.9 Å². The monoisotopic (exact) mass is 512 g/mol. The number of anilines is 1. The summed E-state index contributed by atoms with van der Waals surface area (Å²) in [6.45, 7) is 12.1. The molecule has 1 unspecified atom stereocenters. The number of hydrogen-bond acceptors (Lipinski definition) is 5. The smallest absolute Gasteiger partial charge is 0.252 e. The predicted molar refractivity (Wildman–Crippen MR) is 138 cm³/mol. The van der Waals surface area contributed by atoms with Crippen LogP contribution >= 0.6 is 0 Å². The van der Waals surface area contributed by atoms with Crippen LogP contribution in [0.5, 0.6) is 0 Å². The van der Waals surface area contributed by atoms with Crippen LogP contribution in [0, 0.1) is 17.0 Å². The summed E-state index contributed by atoms with van der Waals surface area (Å²) < 4.78 is 29.0. The Bertz CT molecular complexity index is 1200. The maximum atomic E-state index is 13.5. The van der Waals surface area contributed by atoms with E-state index in [1.54, 1.807) is 30.9 Å².